The molecule has 0 aromatic carbocycles. The number of nitro groups is 1. The zero-order chi connectivity index (χ0) is 19.0. The number of imidazole rings is 1. The predicted octanol–water partition coefficient (Wildman–Crippen LogP) is 6.25. The van der Waals surface area contributed by atoms with Gasteiger partial charge in [-0.05, 0) is 9.91 Å². The minimum atomic E-state index is -0.879. The number of hydrogen-bond acceptors (Lipinski definition) is 3. The van der Waals surface area contributed by atoms with Gasteiger partial charge in [0.25, 0.3) is 0 Å². The molecule has 0 atom stereocenters. The summed E-state index contributed by atoms with van der Waals surface area (Å²) in [5.74, 6) is -0.148. The molecule has 1 aromatic rings. The first-order chi connectivity index (χ1) is 12.0. The molecule has 5 nitrogen and oxygen atoms in total. The van der Waals surface area contributed by atoms with E-state index in [2.05, 4.69) is 37.7 Å². The summed E-state index contributed by atoms with van der Waals surface area (Å²) in [4.78, 5) is 15.0. The van der Waals surface area contributed by atoms with E-state index in [4.69, 9.17) is 0 Å². The van der Waals surface area contributed by atoms with E-state index in [9.17, 15) is 10.1 Å². The average molecular weight is 374 g/mol. The number of aromatic nitrogens is 2. The first-order valence-electron chi connectivity index (χ1n) is 10.2. The molecule has 0 saturated heterocycles. The predicted molar refractivity (Wildman–Crippen MR) is 113 cm³/mol. The van der Waals surface area contributed by atoms with Crippen LogP contribution in [0.5, 0.6) is 0 Å². The molecule has 148 valence electrons. The van der Waals surface area contributed by atoms with Crippen molar-refractivity contribution in [3.05, 3.63) is 22.6 Å². The van der Waals surface area contributed by atoms with E-state index < -0.39 is 12.2 Å². The standard InChI is InChI=1S/C16H37P.C3H3N3O2/c1-5-9-13-17(14-10-6-2,15-11-7-3)16-12-8-4;7-6(8)3-1-4-2-5-3/h17H,5-16H2,1-4H3;1-2H,(H,4,5). The molecule has 6 heteroatoms. The fourth-order valence-electron chi connectivity index (χ4n) is 3.31. The van der Waals surface area contributed by atoms with Gasteiger partial charge in [-0.25, -0.2) is 0 Å². The van der Waals surface area contributed by atoms with Crippen LogP contribution in [0.2, 0.25) is 0 Å². The maximum absolute atomic E-state index is 9.79. The Morgan fingerprint density at radius 2 is 1.32 bits per heavy atom. The van der Waals surface area contributed by atoms with Crippen LogP contribution in [0.25, 0.3) is 0 Å². The number of nitrogens with zero attached hydrogens (tertiary/aromatic N) is 2. The molecule has 25 heavy (non-hydrogen) atoms. The van der Waals surface area contributed by atoms with Crippen molar-refractivity contribution in [1.82, 2.24) is 9.97 Å². The van der Waals surface area contributed by atoms with Gasteiger partial charge in [0, 0.05) is 0 Å². The fraction of sp³-hybridized carbons (Fsp3) is 0.842. The Morgan fingerprint density at radius 3 is 1.52 bits per heavy atom. The molecule has 0 bridgehead atoms. The van der Waals surface area contributed by atoms with Gasteiger partial charge in [0.05, 0.1) is 0 Å². The Bertz CT molecular complexity index is 387. The summed E-state index contributed by atoms with van der Waals surface area (Å²) in [6.45, 7) is 9.44. The summed E-state index contributed by atoms with van der Waals surface area (Å²) in [5, 5.41) is 9.79. The van der Waals surface area contributed by atoms with Crippen molar-refractivity contribution in [2.45, 2.75) is 79.1 Å². The van der Waals surface area contributed by atoms with Crippen LogP contribution < -0.4 is 0 Å². The second-order valence-electron chi connectivity index (χ2n) is 7.10. The van der Waals surface area contributed by atoms with Gasteiger partial charge in [-0.15, -0.1) is 0 Å². The van der Waals surface area contributed by atoms with Gasteiger partial charge < -0.3 is 15.1 Å². The van der Waals surface area contributed by atoms with Crippen LogP contribution in [-0.2, 0) is 0 Å². The summed E-state index contributed by atoms with van der Waals surface area (Å²) in [5.41, 5.74) is 0. The van der Waals surface area contributed by atoms with Crippen LogP contribution in [0.15, 0.2) is 12.5 Å². The van der Waals surface area contributed by atoms with Gasteiger partial charge >= 0.3 is 117 Å². The smallest absolute Gasteiger partial charge is 0.358 e. The summed E-state index contributed by atoms with van der Waals surface area (Å²) in [6.07, 6.45) is 20.6. The number of rotatable bonds is 13. The van der Waals surface area contributed by atoms with E-state index in [1.54, 1.807) is 24.6 Å². The number of H-pyrrole nitrogens is 1. The molecule has 1 aromatic heterocycles. The van der Waals surface area contributed by atoms with E-state index >= 15 is 0 Å². The molecule has 0 spiro atoms. The first-order valence-corrected chi connectivity index (χ1v) is 13.0. The van der Waals surface area contributed by atoms with Crippen molar-refractivity contribution < 1.29 is 4.92 Å². The Hall–Kier alpha value is -0.960. The Labute approximate surface area is 154 Å². The van der Waals surface area contributed by atoms with Crippen LogP contribution >= 0.6 is 7.26 Å². The molecule has 0 aliphatic heterocycles. The van der Waals surface area contributed by atoms with Crippen LogP contribution in [0.4, 0.5) is 5.82 Å². The molecular formula is C19H40N3O2P. The third kappa shape index (κ3) is 11.3. The van der Waals surface area contributed by atoms with Gasteiger partial charge in [-0.3, -0.25) is 0 Å². The number of unbranched alkanes of at least 4 members (excludes halogenated alkanes) is 4. The molecule has 1 rings (SSSR count). The van der Waals surface area contributed by atoms with Crippen molar-refractivity contribution in [3.63, 3.8) is 0 Å². The molecule has 0 aliphatic carbocycles. The van der Waals surface area contributed by atoms with Crippen molar-refractivity contribution in [3.8, 4) is 0 Å². The number of hydrogen-bond donors (Lipinski definition) is 1. The summed E-state index contributed by atoms with van der Waals surface area (Å²) < 4.78 is 0. The molecule has 0 unspecified atom stereocenters. The minimum Gasteiger partial charge on any atom is -0.358 e. The van der Waals surface area contributed by atoms with Gasteiger partial charge in [-0.2, -0.15) is 0 Å². The van der Waals surface area contributed by atoms with E-state index in [1.165, 1.54) is 63.9 Å². The monoisotopic (exact) mass is 373 g/mol. The topological polar surface area (TPSA) is 71.8 Å². The van der Waals surface area contributed by atoms with Crippen LogP contribution in [-0.4, -0.2) is 39.5 Å². The second-order valence-corrected chi connectivity index (χ2v) is 12.1. The maximum Gasteiger partial charge on any atom is 0.381 e. The van der Waals surface area contributed by atoms with E-state index in [1.807, 2.05) is 0 Å². The molecule has 1 N–H and O–H groups in total. The van der Waals surface area contributed by atoms with Crippen molar-refractivity contribution in [2.24, 2.45) is 0 Å². The van der Waals surface area contributed by atoms with Crippen LogP contribution in [0, 0.1) is 10.1 Å². The maximum atomic E-state index is 9.79. The van der Waals surface area contributed by atoms with Gasteiger partial charge in [0.2, 0.25) is 6.33 Å². The normalized spacial score (nSPS) is 11.7. The summed E-state index contributed by atoms with van der Waals surface area (Å²) in [6, 6.07) is 0. The van der Waals surface area contributed by atoms with Crippen molar-refractivity contribution in [2.75, 3.05) is 24.6 Å². The van der Waals surface area contributed by atoms with Crippen LogP contribution in [0.3, 0.4) is 0 Å². The summed E-state index contributed by atoms with van der Waals surface area (Å²) in [7, 11) is -0.879. The van der Waals surface area contributed by atoms with Gasteiger partial charge in [0.15, 0.2) is 0 Å². The number of aromatic amines is 1. The Morgan fingerprint density at radius 1 is 0.920 bits per heavy atom. The van der Waals surface area contributed by atoms with E-state index in [0.29, 0.717) is 0 Å². The van der Waals surface area contributed by atoms with Crippen molar-refractivity contribution in [1.29, 1.82) is 0 Å². The fourth-order valence-corrected chi connectivity index (χ4v) is 9.22. The third-order valence-electron chi connectivity index (χ3n) is 4.91. The quantitative estimate of drug-likeness (QED) is 0.252. The number of nitrogens with one attached hydrogen (secondary N) is 1. The minimum absolute atomic E-state index is 0.148. The van der Waals surface area contributed by atoms with E-state index in [0.717, 1.165) is 0 Å². The molecular weight excluding hydrogens is 333 g/mol. The third-order valence-corrected chi connectivity index (χ3v) is 10.6. The molecule has 0 aliphatic rings. The second kappa shape index (κ2) is 15.3. The zero-order valence-electron chi connectivity index (χ0n) is 16.9. The van der Waals surface area contributed by atoms with Crippen molar-refractivity contribution >= 4 is 13.1 Å². The van der Waals surface area contributed by atoms with Gasteiger partial charge in [-0.1, -0.05) is 0 Å². The Balaban J connectivity index is 0.000000593. The summed E-state index contributed by atoms with van der Waals surface area (Å²) >= 11 is 0. The van der Waals surface area contributed by atoms with E-state index in [-0.39, 0.29) is 5.82 Å². The SMILES string of the molecule is CCCC[PH](CCCC)(CCCC)CCCC.O=[N+]([O-])c1c[nH]cn1. The molecule has 0 saturated carbocycles. The Kier molecular flexibility index (Phi) is 14.7. The molecule has 0 fully saturated rings. The molecule has 0 radical (unpaired) electrons. The van der Waals surface area contributed by atoms with Gasteiger partial charge in [0.1, 0.15) is 6.20 Å². The average Bonchev–Trinajstić information content (AvgIpc) is 3.16. The largest absolute Gasteiger partial charge is 0.381 e. The molecule has 1 heterocycles. The molecule has 0 amide bonds. The first kappa shape index (κ1) is 24.0. The zero-order valence-corrected chi connectivity index (χ0v) is 17.9. The van der Waals surface area contributed by atoms with Crippen LogP contribution in [0.1, 0.15) is 79.1 Å².